The first-order valence-electron chi connectivity index (χ1n) is 14.9. The Labute approximate surface area is 258 Å². The molecule has 2 aliphatic heterocycles. The van der Waals surface area contributed by atoms with Crippen LogP contribution in [0.15, 0.2) is 12.1 Å². The Balaban J connectivity index is 1.39. The van der Waals surface area contributed by atoms with E-state index in [1.807, 2.05) is 0 Å². The molecule has 44 heavy (non-hydrogen) atoms. The van der Waals surface area contributed by atoms with Gasteiger partial charge in [-0.2, -0.15) is 0 Å². The minimum absolute atomic E-state index is 0.00541. The van der Waals surface area contributed by atoms with E-state index in [0.29, 0.717) is 41.3 Å². The maximum absolute atomic E-state index is 14.4. The van der Waals surface area contributed by atoms with Gasteiger partial charge in [-0.3, -0.25) is 14.4 Å². The summed E-state index contributed by atoms with van der Waals surface area (Å²) in [6.45, 7) is 2.14. The third-order valence-corrected chi connectivity index (χ3v) is 10.5. The largest absolute Gasteiger partial charge is 0.487 e. The fourth-order valence-electron chi connectivity index (χ4n) is 7.27. The summed E-state index contributed by atoms with van der Waals surface area (Å²) in [5.74, 6) is -2.23. The van der Waals surface area contributed by atoms with Gasteiger partial charge in [0.1, 0.15) is 23.7 Å². The van der Waals surface area contributed by atoms with Crippen LogP contribution in [-0.4, -0.2) is 78.5 Å². The van der Waals surface area contributed by atoms with Crippen molar-refractivity contribution in [2.24, 2.45) is 23.8 Å². The van der Waals surface area contributed by atoms with Crippen LogP contribution in [0.1, 0.15) is 80.4 Å². The van der Waals surface area contributed by atoms with Crippen LogP contribution in [0.4, 0.5) is 8.78 Å². The van der Waals surface area contributed by atoms with Crippen molar-refractivity contribution < 1.29 is 38.1 Å². The van der Waals surface area contributed by atoms with Gasteiger partial charge in [-0.05, 0) is 68.6 Å². The molecule has 3 fully saturated rings. The summed E-state index contributed by atoms with van der Waals surface area (Å²) in [6.07, 6.45) is -0.517. The molecule has 11 nitrogen and oxygen atoms in total. The monoisotopic (exact) mass is 635 g/mol. The number of ether oxygens (including phenoxy) is 1. The van der Waals surface area contributed by atoms with Gasteiger partial charge in [-0.15, -0.1) is 5.10 Å². The molecule has 1 aromatic heterocycles. The number of hydrogen-bond acceptors (Lipinski definition) is 7. The summed E-state index contributed by atoms with van der Waals surface area (Å²) >= 11 is 6.67. The third-order valence-electron chi connectivity index (χ3n) is 10.2. The zero-order valence-electron chi connectivity index (χ0n) is 24.6. The number of aliphatic carboxylic acids is 1. The molecule has 1 aromatic carbocycles. The zero-order valence-corrected chi connectivity index (χ0v) is 25.4. The number of aliphatic hydroxyl groups is 1. The van der Waals surface area contributed by atoms with Crippen molar-refractivity contribution in [3.63, 3.8) is 0 Å². The van der Waals surface area contributed by atoms with Gasteiger partial charge in [0.2, 0.25) is 11.8 Å². The molecule has 1 saturated heterocycles. The molecule has 4 aliphatic rings. The number of fused-ring (bicyclic) bond motifs is 1. The number of amides is 2. The number of halogens is 3. The molecule has 2 amide bonds. The maximum Gasteiger partial charge on any atom is 0.310 e. The number of carboxylic acid groups (broad SMARTS) is 1. The van der Waals surface area contributed by atoms with E-state index in [2.05, 4.69) is 10.3 Å². The molecule has 0 radical (unpaired) electrons. The fourth-order valence-corrected chi connectivity index (χ4v) is 7.53. The van der Waals surface area contributed by atoms with Crippen LogP contribution in [-0.2, 0) is 34.5 Å². The first-order chi connectivity index (χ1) is 20.8. The van der Waals surface area contributed by atoms with Crippen molar-refractivity contribution in [3.8, 4) is 5.75 Å². The lowest BCUT2D eigenvalue weighted by Crippen LogP contribution is -2.54. The van der Waals surface area contributed by atoms with Crippen LogP contribution in [0.2, 0.25) is 5.02 Å². The van der Waals surface area contributed by atoms with Crippen molar-refractivity contribution in [3.05, 3.63) is 39.7 Å². The number of carbonyl (C=O) groups excluding carboxylic acids is 2. The number of hydrogen-bond donors (Lipinski definition) is 2. The predicted molar refractivity (Wildman–Crippen MR) is 152 cm³/mol. The van der Waals surface area contributed by atoms with Gasteiger partial charge in [0.05, 0.1) is 23.5 Å². The Morgan fingerprint density at radius 3 is 2.66 bits per heavy atom. The second kappa shape index (κ2) is 11.2. The molecule has 2 saturated carbocycles. The smallest absolute Gasteiger partial charge is 0.310 e. The number of alkyl halides is 2. The maximum atomic E-state index is 14.4. The number of rotatable bonds is 8. The Bertz CT molecular complexity index is 1500. The molecular formula is C30H36ClF2N5O6. The van der Waals surface area contributed by atoms with Crippen molar-refractivity contribution in [1.82, 2.24) is 24.8 Å². The van der Waals surface area contributed by atoms with Crippen LogP contribution in [0.5, 0.6) is 5.75 Å². The standard InChI is InChI=1S/C30H36ClF2N5O6/c1-29(28(42)43)7-5-16(39)11-18(29)27(41)38-10-6-17-19(31)3-4-22(44-14-20-25(26(32)33)36(2)35-34-20)24(17)21(38)13-37-15-30(8-9-30)12-23(37)40/h3-4,16,18,21,26,39H,5-15H2,1-2H3,(H,42,43)/t16-,18-,21+,29-/m0/s1. The van der Waals surface area contributed by atoms with Crippen molar-refractivity contribution in [1.29, 1.82) is 0 Å². The number of carboxylic acids is 1. The van der Waals surface area contributed by atoms with E-state index in [1.165, 1.54) is 7.05 Å². The summed E-state index contributed by atoms with van der Waals surface area (Å²) in [4.78, 5) is 43.4. The number of likely N-dealkylation sites (tertiary alicyclic amines) is 1. The van der Waals surface area contributed by atoms with E-state index >= 15 is 0 Å². The second-order valence-electron chi connectivity index (χ2n) is 13.0. The van der Waals surface area contributed by atoms with Gasteiger partial charge in [0.15, 0.2) is 0 Å². The lowest BCUT2D eigenvalue weighted by Gasteiger charge is -2.46. The zero-order chi connectivity index (χ0) is 31.6. The number of aryl methyl sites for hydroxylation is 1. The summed E-state index contributed by atoms with van der Waals surface area (Å²) in [7, 11) is 1.37. The van der Waals surface area contributed by atoms with Gasteiger partial charge in [0.25, 0.3) is 6.43 Å². The normalized spacial score (nSPS) is 27.6. The number of carbonyl (C=O) groups is 3. The molecule has 2 aliphatic carbocycles. The van der Waals surface area contributed by atoms with E-state index in [-0.39, 0.29) is 61.7 Å². The molecule has 238 valence electrons. The van der Waals surface area contributed by atoms with Gasteiger partial charge in [-0.25, -0.2) is 13.5 Å². The first-order valence-corrected chi connectivity index (χ1v) is 15.3. The number of aliphatic hydroxyl groups excluding tert-OH is 1. The molecule has 2 aromatic rings. The molecule has 0 bridgehead atoms. The summed E-state index contributed by atoms with van der Waals surface area (Å²) in [5.41, 5.74) is -0.563. The third kappa shape index (κ3) is 5.31. The Morgan fingerprint density at radius 1 is 1.25 bits per heavy atom. The average molecular weight is 636 g/mol. The van der Waals surface area contributed by atoms with Crippen LogP contribution in [0.3, 0.4) is 0 Å². The summed E-state index contributed by atoms with van der Waals surface area (Å²) < 4.78 is 34.5. The Morgan fingerprint density at radius 2 is 2.00 bits per heavy atom. The van der Waals surface area contributed by atoms with E-state index in [4.69, 9.17) is 16.3 Å². The van der Waals surface area contributed by atoms with Gasteiger partial charge in [-0.1, -0.05) is 16.8 Å². The fraction of sp³-hybridized carbons (Fsp3) is 0.633. The van der Waals surface area contributed by atoms with E-state index < -0.39 is 41.8 Å². The molecule has 2 N–H and O–H groups in total. The number of benzene rings is 1. The highest BCUT2D eigenvalue weighted by molar-refractivity contribution is 6.31. The highest BCUT2D eigenvalue weighted by atomic mass is 35.5. The van der Waals surface area contributed by atoms with Crippen LogP contribution in [0.25, 0.3) is 0 Å². The van der Waals surface area contributed by atoms with Gasteiger partial charge in [0, 0.05) is 43.7 Å². The SMILES string of the molecule is Cn1nnc(COc2ccc(Cl)c3c2[C@@H](CN2CC4(CC4)CC2=O)N(C(=O)[C@@H]2C[C@@H](O)CC[C@]2(C)C(=O)O)CC3)c1C(F)F. The molecule has 1 spiro atoms. The highest BCUT2D eigenvalue weighted by Gasteiger charge is 2.54. The summed E-state index contributed by atoms with van der Waals surface area (Å²) in [6, 6.07) is 2.51. The number of nitrogens with zero attached hydrogens (tertiary/aromatic N) is 5. The Hall–Kier alpha value is -3.32. The average Bonchev–Trinajstić information content (AvgIpc) is 3.51. The lowest BCUT2D eigenvalue weighted by atomic mass is 9.65. The Kier molecular flexibility index (Phi) is 7.84. The highest BCUT2D eigenvalue weighted by Crippen LogP contribution is 2.54. The number of aromatic nitrogens is 3. The topological polar surface area (TPSA) is 138 Å². The lowest BCUT2D eigenvalue weighted by molar-refractivity contribution is -0.165. The molecule has 6 rings (SSSR count). The first kappa shape index (κ1) is 30.7. The van der Waals surface area contributed by atoms with Crippen molar-refractivity contribution >= 4 is 29.4 Å². The van der Waals surface area contributed by atoms with Crippen LogP contribution >= 0.6 is 11.6 Å². The van der Waals surface area contributed by atoms with E-state index in [1.54, 1.807) is 28.9 Å². The van der Waals surface area contributed by atoms with Gasteiger partial charge >= 0.3 is 5.97 Å². The quantitative estimate of drug-likeness (QED) is 0.448. The second-order valence-corrected chi connectivity index (χ2v) is 13.4. The molecule has 3 heterocycles. The molecule has 0 unspecified atom stereocenters. The van der Waals surface area contributed by atoms with Crippen LogP contribution in [0, 0.1) is 16.7 Å². The molecule has 4 atom stereocenters. The summed E-state index contributed by atoms with van der Waals surface area (Å²) in [5, 5.41) is 28.6. The minimum atomic E-state index is -2.82. The van der Waals surface area contributed by atoms with Crippen molar-refractivity contribution in [2.45, 2.75) is 77.0 Å². The van der Waals surface area contributed by atoms with E-state index in [9.17, 15) is 33.4 Å². The predicted octanol–water partition coefficient (Wildman–Crippen LogP) is 3.68. The minimum Gasteiger partial charge on any atom is -0.487 e. The van der Waals surface area contributed by atoms with Crippen LogP contribution < -0.4 is 4.74 Å². The van der Waals surface area contributed by atoms with Gasteiger partial charge < -0.3 is 24.7 Å². The van der Waals surface area contributed by atoms with Crippen molar-refractivity contribution in [2.75, 3.05) is 19.6 Å². The van der Waals surface area contributed by atoms with E-state index in [0.717, 1.165) is 17.5 Å². The molecular weight excluding hydrogens is 600 g/mol. The molecule has 14 heteroatoms.